The van der Waals surface area contributed by atoms with E-state index in [-0.39, 0.29) is 11.9 Å². The second kappa shape index (κ2) is 7.68. The van der Waals surface area contributed by atoms with E-state index >= 15 is 0 Å². The largest absolute Gasteiger partial charge is 0.494 e. The molecule has 4 nitrogen and oxygen atoms in total. The third kappa shape index (κ3) is 4.49. The second-order valence-corrected chi connectivity index (χ2v) is 5.56. The fraction of sp³-hybridized carbons (Fsp3) is 0.316. The van der Waals surface area contributed by atoms with Gasteiger partial charge in [-0.2, -0.15) is 0 Å². The summed E-state index contributed by atoms with van der Waals surface area (Å²) in [7, 11) is 0. The summed E-state index contributed by atoms with van der Waals surface area (Å²) < 4.78 is 5.39. The highest BCUT2D eigenvalue weighted by Gasteiger charge is 2.14. The number of aryl methyl sites for hydroxylation is 1. The summed E-state index contributed by atoms with van der Waals surface area (Å²) in [6.45, 7) is 8.53. The summed E-state index contributed by atoms with van der Waals surface area (Å²) in [5, 5.41) is 6.17. The molecule has 2 rings (SSSR count). The van der Waals surface area contributed by atoms with Gasteiger partial charge in [-0.05, 0) is 69.2 Å². The Kier molecular flexibility index (Phi) is 5.63. The lowest BCUT2D eigenvalue weighted by Gasteiger charge is -2.18. The number of carbonyl (C=O) groups excluding carboxylic acids is 1. The number of carbonyl (C=O) groups is 1. The van der Waals surface area contributed by atoms with E-state index in [0.29, 0.717) is 6.61 Å². The molecule has 2 aromatic rings. The molecule has 0 saturated heterocycles. The van der Waals surface area contributed by atoms with Crippen LogP contribution in [0, 0.1) is 13.8 Å². The number of benzene rings is 2. The van der Waals surface area contributed by atoms with E-state index in [2.05, 4.69) is 30.5 Å². The zero-order valence-electron chi connectivity index (χ0n) is 14.1. The van der Waals surface area contributed by atoms with Crippen LogP contribution in [0.15, 0.2) is 42.5 Å². The molecule has 122 valence electrons. The lowest BCUT2D eigenvalue weighted by atomic mass is 10.1. The quantitative estimate of drug-likeness (QED) is 0.843. The first-order valence-electron chi connectivity index (χ1n) is 7.87. The van der Waals surface area contributed by atoms with Gasteiger partial charge in [0, 0.05) is 11.4 Å². The molecule has 0 heterocycles. The van der Waals surface area contributed by atoms with Crippen LogP contribution >= 0.6 is 0 Å². The molecule has 0 saturated carbocycles. The second-order valence-electron chi connectivity index (χ2n) is 5.56. The van der Waals surface area contributed by atoms with E-state index in [4.69, 9.17) is 4.74 Å². The van der Waals surface area contributed by atoms with Crippen LogP contribution in [0.5, 0.6) is 5.75 Å². The highest BCUT2D eigenvalue weighted by Crippen LogP contribution is 2.20. The monoisotopic (exact) mass is 312 g/mol. The van der Waals surface area contributed by atoms with E-state index in [1.165, 1.54) is 5.56 Å². The molecule has 23 heavy (non-hydrogen) atoms. The van der Waals surface area contributed by atoms with Crippen LogP contribution in [0.2, 0.25) is 0 Å². The van der Waals surface area contributed by atoms with E-state index in [9.17, 15) is 4.79 Å². The van der Waals surface area contributed by atoms with Gasteiger partial charge in [0.1, 0.15) is 11.8 Å². The topological polar surface area (TPSA) is 50.4 Å². The van der Waals surface area contributed by atoms with Crippen molar-refractivity contribution in [3.63, 3.8) is 0 Å². The first-order valence-corrected chi connectivity index (χ1v) is 7.87. The Labute approximate surface area is 137 Å². The van der Waals surface area contributed by atoms with Crippen molar-refractivity contribution in [1.29, 1.82) is 0 Å². The maximum atomic E-state index is 12.3. The maximum absolute atomic E-state index is 12.3. The summed E-state index contributed by atoms with van der Waals surface area (Å²) in [5.41, 5.74) is 4.11. The van der Waals surface area contributed by atoms with Crippen molar-refractivity contribution >= 4 is 17.3 Å². The van der Waals surface area contributed by atoms with Crippen molar-refractivity contribution in [3.8, 4) is 5.75 Å². The molecule has 0 fully saturated rings. The molecule has 0 aliphatic carbocycles. The molecule has 2 N–H and O–H groups in total. The molecular formula is C19H24N2O2. The van der Waals surface area contributed by atoms with Gasteiger partial charge in [0.15, 0.2) is 0 Å². The minimum atomic E-state index is -0.331. The first kappa shape index (κ1) is 16.9. The Balaban J connectivity index is 1.98. The maximum Gasteiger partial charge on any atom is 0.246 e. The van der Waals surface area contributed by atoms with Crippen LogP contribution in [-0.2, 0) is 4.79 Å². The van der Waals surface area contributed by atoms with E-state index < -0.39 is 0 Å². The van der Waals surface area contributed by atoms with Gasteiger partial charge in [-0.1, -0.05) is 12.1 Å². The zero-order chi connectivity index (χ0) is 16.8. The Morgan fingerprint density at radius 1 is 1.13 bits per heavy atom. The Bertz CT molecular complexity index is 666. The average molecular weight is 312 g/mol. The van der Waals surface area contributed by atoms with Crippen molar-refractivity contribution in [2.45, 2.75) is 33.7 Å². The summed E-state index contributed by atoms with van der Waals surface area (Å²) in [6, 6.07) is 13.1. The van der Waals surface area contributed by atoms with Crippen LogP contribution in [0.4, 0.5) is 11.4 Å². The van der Waals surface area contributed by atoms with Gasteiger partial charge >= 0.3 is 0 Å². The molecule has 0 bridgehead atoms. The van der Waals surface area contributed by atoms with E-state index in [1.807, 2.05) is 50.2 Å². The Morgan fingerprint density at radius 2 is 1.83 bits per heavy atom. The number of hydrogen-bond acceptors (Lipinski definition) is 3. The highest BCUT2D eigenvalue weighted by atomic mass is 16.5. The third-order valence-corrected chi connectivity index (χ3v) is 3.80. The van der Waals surface area contributed by atoms with Crippen LogP contribution in [0.3, 0.4) is 0 Å². The van der Waals surface area contributed by atoms with E-state index in [0.717, 1.165) is 22.7 Å². The minimum absolute atomic E-state index is 0.0740. The summed E-state index contributed by atoms with van der Waals surface area (Å²) in [4.78, 5) is 12.3. The molecule has 1 unspecified atom stereocenters. The first-order chi connectivity index (χ1) is 11.0. The molecule has 0 aromatic heterocycles. The van der Waals surface area contributed by atoms with Gasteiger partial charge in [-0.25, -0.2) is 0 Å². The van der Waals surface area contributed by atoms with Crippen LogP contribution < -0.4 is 15.4 Å². The number of hydrogen-bond donors (Lipinski definition) is 2. The van der Waals surface area contributed by atoms with Gasteiger partial charge in [0.25, 0.3) is 0 Å². The van der Waals surface area contributed by atoms with Crippen LogP contribution in [0.25, 0.3) is 0 Å². The van der Waals surface area contributed by atoms with Crippen molar-refractivity contribution in [2.75, 3.05) is 17.2 Å². The molecule has 0 radical (unpaired) electrons. The fourth-order valence-electron chi connectivity index (χ4n) is 2.26. The van der Waals surface area contributed by atoms with Crippen LogP contribution in [0.1, 0.15) is 25.0 Å². The Hall–Kier alpha value is -2.49. The van der Waals surface area contributed by atoms with Crippen molar-refractivity contribution in [3.05, 3.63) is 53.6 Å². The number of amides is 1. The Morgan fingerprint density at radius 3 is 2.48 bits per heavy atom. The van der Waals surface area contributed by atoms with E-state index in [1.54, 1.807) is 0 Å². The third-order valence-electron chi connectivity index (χ3n) is 3.80. The standard InChI is InChI=1S/C19H24N2O2/c1-5-23-17-11-9-16(10-12-17)21-19(22)15(4)20-18-8-6-7-13(2)14(18)3/h6-12,15,20H,5H2,1-4H3,(H,21,22). The number of nitrogens with one attached hydrogen (secondary N) is 2. The lowest BCUT2D eigenvalue weighted by molar-refractivity contribution is -0.116. The van der Waals surface area contributed by atoms with Gasteiger partial charge in [0.05, 0.1) is 6.61 Å². The van der Waals surface area contributed by atoms with Crippen LogP contribution in [-0.4, -0.2) is 18.6 Å². The smallest absolute Gasteiger partial charge is 0.246 e. The molecule has 1 amide bonds. The van der Waals surface area contributed by atoms with Gasteiger partial charge in [-0.3, -0.25) is 4.79 Å². The molecule has 0 aliphatic heterocycles. The average Bonchev–Trinajstić information content (AvgIpc) is 2.54. The SMILES string of the molecule is CCOc1ccc(NC(=O)C(C)Nc2cccc(C)c2C)cc1. The molecule has 2 aromatic carbocycles. The molecule has 4 heteroatoms. The molecule has 1 atom stereocenters. The van der Waals surface area contributed by atoms with Gasteiger partial charge in [0.2, 0.25) is 5.91 Å². The summed E-state index contributed by atoms with van der Waals surface area (Å²) in [6.07, 6.45) is 0. The predicted octanol–water partition coefficient (Wildman–Crippen LogP) is 4.14. The zero-order valence-corrected chi connectivity index (χ0v) is 14.1. The number of anilines is 2. The number of ether oxygens (including phenoxy) is 1. The fourth-order valence-corrected chi connectivity index (χ4v) is 2.26. The number of rotatable bonds is 6. The molecular weight excluding hydrogens is 288 g/mol. The summed E-state index contributed by atoms with van der Waals surface area (Å²) in [5.74, 6) is 0.724. The van der Waals surface area contributed by atoms with Crippen molar-refractivity contribution in [2.24, 2.45) is 0 Å². The molecule has 0 aliphatic rings. The highest BCUT2D eigenvalue weighted by molar-refractivity contribution is 5.96. The lowest BCUT2D eigenvalue weighted by Crippen LogP contribution is -2.32. The molecule has 0 spiro atoms. The normalized spacial score (nSPS) is 11.7. The predicted molar refractivity (Wildman–Crippen MR) is 95.2 cm³/mol. The van der Waals surface area contributed by atoms with Gasteiger partial charge < -0.3 is 15.4 Å². The minimum Gasteiger partial charge on any atom is -0.494 e. The van der Waals surface area contributed by atoms with Crippen molar-refractivity contribution in [1.82, 2.24) is 0 Å². The van der Waals surface area contributed by atoms with Gasteiger partial charge in [-0.15, -0.1) is 0 Å². The van der Waals surface area contributed by atoms with Crippen molar-refractivity contribution < 1.29 is 9.53 Å². The summed E-state index contributed by atoms with van der Waals surface area (Å²) >= 11 is 0.